The third kappa shape index (κ3) is 2.52. The van der Waals surface area contributed by atoms with Crippen LogP contribution in [0.1, 0.15) is 51.0 Å². The molecule has 1 nitrogen and oxygen atoms in total. The maximum absolute atomic E-state index is 13.3. The van der Waals surface area contributed by atoms with Crippen LogP contribution in [-0.2, 0) is 6.54 Å². The van der Waals surface area contributed by atoms with Crippen molar-refractivity contribution in [2.75, 3.05) is 0 Å². The van der Waals surface area contributed by atoms with Gasteiger partial charge in [0.2, 0.25) is 0 Å². The van der Waals surface area contributed by atoms with E-state index in [2.05, 4.69) is 12.2 Å². The van der Waals surface area contributed by atoms with E-state index in [4.69, 9.17) is 0 Å². The SMILES string of the molecule is CC(NCc1cccc(F)c1)C12CC3CC(CC(C3)C1)C2. The predicted octanol–water partition coefficient (Wildman–Crippen LogP) is 4.52. The van der Waals surface area contributed by atoms with Crippen molar-refractivity contribution >= 4 is 0 Å². The first-order chi connectivity index (χ1) is 10.1. The van der Waals surface area contributed by atoms with Gasteiger partial charge >= 0.3 is 0 Å². The van der Waals surface area contributed by atoms with Gasteiger partial charge in [0.05, 0.1) is 0 Å². The molecule has 1 aromatic rings. The number of nitrogens with one attached hydrogen (secondary N) is 1. The first-order valence-corrected chi connectivity index (χ1v) is 8.61. The normalized spacial score (nSPS) is 38.7. The Balaban J connectivity index is 1.44. The summed E-state index contributed by atoms with van der Waals surface area (Å²) in [5, 5.41) is 3.72. The molecule has 0 aromatic heterocycles. The Bertz CT molecular complexity index is 489. The summed E-state index contributed by atoms with van der Waals surface area (Å²) >= 11 is 0. The van der Waals surface area contributed by atoms with Gasteiger partial charge in [-0.05, 0) is 86.3 Å². The van der Waals surface area contributed by atoms with Crippen molar-refractivity contribution in [1.82, 2.24) is 5.32 Å². The molecule has 4 fully saturated rings. The molecule has 4 bridgehead atoms. The first-order valence-electron chi connectivity index (χ1n) is 8.61. The third-order valence-electron chi connectivity index (χ3n) is 6.51. The second-order valence-corrected chi connectivity index (χ2v) is 8.01. The maximum Gasteiger partial charge on any atom is 0.123 e. The lowest BCUT2D eigenvalue weighted by Gasteiger charge is -2.59. The molecule has 0 heterocycles. The minimum atomic E-state index is -0.128. The van der Waals surface area contributed by atoms with Crippen molar-refractivity contribution in [2.24, 2.45) is 23.2 Å². The standard InChI is InChI=1S/C19H26FN/c1-13(21-12-14-3-2-4-18(20)8-14)19-9-15-5-16(10-19)7-17(6-15)11-19/h2-4,8,13,15-17,21H,5-7,9-12H2,1H3. The lowest BCUT2D eigenvalue weighted by atomic mass is 9.48. The summed E-state index contributed by atoms with van der Waals surface area (Å²) in [5.74, 6) is 2.86. The topological polar surface area (TPSA) is 12.0 Å². The average molecular weight is 287 g/mol. The summed E-state index contributed by atoms with van der Waals surface area (Å²) in [6, 6.07) is 7.55. The number of hydrogen-bond acceptors (Lipinski definition) is 1. The summed E-state index contributed by atoms with van der Waals surface area (Å²) in [5.41, 5.74) is 1.59. The van der Waals surface area contributed by atoms with E-state index in [0.717, 1.165) is 29.9 Å². The van der Waals surface area contributed by atoms with Crippen LogP contribution in [0.2, 0.25) is 0 Å². The Hall–Kier alpha value is -0.890. The molecule has 4 aliphatic rings. The van der Waals surface area contributed by atoms with Crippen molar-refractivity contribution in [3.8, 4) is 0 Å². The summed E-state index contributed by atoms with van der Waals surface area (Å²) in [6.07, 6.45) is 8.77. The molecule has 5 rings (SSSR count). The molecule has 1 atom stereocenters. The van der Waals surface area contributed by atoms with Crippen molar-refractivity contribution in [2.45, 2.75) is 58.0 Å². The number of halogens is 1. The molecule has 0 saturated heterocycles. The molecule has 1 N–H and O–H groups in total. The molecule has 1 aromatic carbocycles. The van der Waals surface area contributed by atoms with Crippen molar-refractivity contribution in [3.63, 3.8) is 0 Å². The van der Waals surface area contributed by atoms with Gasteiger partial charge < -0.3 is 5.32 Å². The Kier molecular flexibility index (Phi) is 3.33. The van der Waals surface area contributed by atoms with E-state index in [9.17, 15) is 4.39 Å². The van der Waals surface area contributed by atoms with E-state index < -0.39 is 0 Å². The van der Waals surface area contributed by atoms with Crippen molar-refractivity contribution in [3.05, 3.63) is 35.6 Å². The highest BCUT2D eigenvalue weighted by molar-refractivity contribution is 5.16. The molecule has 4 saturated carbocycles. The monoisotopic (exact) mass is 287 g/mol. The fourth-order valence-corrected chi connectivity index (χ4v) is 5.84. The van der Waals surface area contributed by atoms with E-state index in [1.807, 2.05) is 12.1 Å². The van der Waals surface area contributed by atoms with E-state index in [-0.39, 0.29) is 5.82 Å². The van der Waals surface area contributed by atoms with Crippen molar-refractivity contribution < 1.29 is 4.39 Å². The zero-order chi connectivity index (χ0) is 14.4. The average Bonchev–Trinajstić information content (AvgIpc) is 2.43. The Morgan fingerprint density at radius 1 is 1.14 bits per heavy atom. The van der Waals surface area contributed by atoms with Crippen LogP contribution in [0.3, 0.4) is 0 Å². The van der Waals surface area contributed by atoms with Crippen LogP contribution in [0.15, 0.2) is 24.3 Å². The van der Waals surface area contributed by atoms with Gasteiger partial charge in [0, 0.05) is 12.6 Å². The Morgan fingerprint density at radius 2 is 1.76 bits per heavy atom. The van der Waals surface area contributed by atoms with Crippen molar-refractivity contribution in [1.29, 1.82) is 0 Å². The predicted molar refractivity (Wildman–Crippen MR) is 83.3 cm³/mol. The minimum absolute atomic E-state index is 0.128. The van der Waals surface area contributed by atoms with Gasteiger partial charge in [-0.2, -0.15) is 0 Å². The zero-order valence-electron chi connectivity index (χ0n) is 12.9. The molecule has 0 amide bonds. The molecule has 0 aliphatic heterocycles. The van der Waals surface area contributed by atoms with Crippen LogP contribution in [-0.4, -0.2) is 6.04 Å². The summed E-state index contributed by atoms with van der Waals surface area (Å²) in [4.78, 5) is 0. The fraction of sp³-hybridized carbons (Fsp3) is 0.684. The molecule has 1 unspecified atom stereocenters. The molecule has 2 heteroatoms. The van der Waals surface area contributed by atoms with Crippen LogP contribution < -0.4 is 5.32 Å². The van der Waals surface area contributed by atoms with Gasteiger partial charge in [-0.1, -0.05) is 12.1 Å². The second kappa shape index (κ2) is 5.08. The van der Waals surface area contributed by atoms with Crippen LogP contribution >= 0.6 is 0 Å². The zero-order valence-corrected chi connectivity index (χ0v) is 12.9. The van der Waals surface area contributed by atoms with Crippen LogP contribution in [0.25, 0.3) is 0 Å². The number of benzene rings is 1. The van der Waals surface area contributed by atoms with Gasteiger partial charge in [0.15, 0.2) is 0 Å². The fourth-order valence-electron chi connectivity index (χ4n) is 5.84. The van der Waals surface area contributed by atoms with Gasteiger partial charge in [-0.25, -0.2) is 4.39 Å². The number of hydrogen-bond donors (Lipinski definition) is 1. The van der Waals surface area contributed by atoms with Gasteiger partial charge in [-0.15, -0.1) is 0 Å². The summed E-state index contributed by atoms with van der Waals surface area (Å²) in [7, 11) is 0. The van der Waals surface area contributed by atoms with E-state index >= 15 is 0 Å². The molecule has 0 radical (unpaired) electrons. The molecular formula is C19H26FN. The Morgan fingerprint density at radius 3 is 2.33 bits per heavy atom. The molecule has 21 heavy (non-hydrogen) atoms. The quantitative estimate of drug-likeness (QED) is 0.858. The maximum atomic E-state index is 13.3. The molecule has 114 valence electrons. The molecule has 4 aliphatic carbocycles. The summed E-state index contributed by atoms with van der Waals surface area (Å²) < 4.78 is 13.3. The van der Waals surface area contributed by atoms with E-state index in [1.54, 1.807) is 6.07 Å². The summed E-state index contributed by atoms with van der Waals surface area (Å²) in [6.45, 7) is 3.16. The van der Waals surface area contributed by atoms with Gasteiger partial charge in [0.1, 0.15) is 5.82 Å². The lowest BCUT2D eigenvalue weighted by molar-refractivity contribution is -0.0706. The third-order valence-corrected chi connectivity index (χ3v) is 6.51. The minimum Gasteiger partial charge on any atom is -0.310 e. The van der Waals surface area contributed by atoms with E-state index in [0.29, 0.717) is 11.5 Å². The van der Waals surface area contributed by atoms with Crippen LogP contribution in [0.5, 0.6) is 0 Å². The highest BCUT2D eigenvalue weighted by atomic mass is 19.1. The highest BCUT2D eigenvalue weighted by Gasteiger charge is 2.52. The van der Waals surface area contributed by atoms with Gasteiger partial charge in [0.25, 0.3) is 0 Å². The smallest absolute Gasteiger partial charge is 0.123 e. The lowest BCUT2D eigenvalue weighted by Crippen LogP contribution is -2.54. The molecular weight excluding hydrogens is 261 g/mol. The van der Waals surface area contributed by atoms with E-state index in [1.165, 1.54) is 44.6 Å². The molecule has 0 spiro atoms. The highest BCUT2D eigenvalue weighted by Crippen LogP contribution is 2.61. The van der Waals surface area contributed by atoms with Gasteiger partial charge in [-0.3, -0.25) is 0 Å². The number of rotatable bonds is 4. The Labute approximate surface area is 127 Å². The first kappa shape index (κ1) is 13.8. The van der Waals surface area contributed by atoms with Crippen LogP contribution in [0, 0.1) is 29.0 Å². The second-order valence-electron chi connectivity index (χ2n) is 8.01. The largest absolute Gasteiger partial charge is 0.310 e. The van der Waals surface area contributed by atoms with Crippen LogP contribution in [0.4, 0.5) is 4.39 Å².